The van der Waals surface area contributed by atoms with Gasteiger partial charge in [-0.15, -0.1) is 0 Å². The molecule has 3 aliphatic heterocycles. The number of imidazole rings is 1. The third kappa shape index (κ3) is 3.38. The van der Waals surface area contributed by atoms with Gasteiger partial charge in [0.25, 0.3) is 0 Å². The topological polar surface area (TPSA) is 105 Å². The lowest BCUT2D eigenvalue weighted by molar-refractivity contribution is -0.118. The van der Waals surface area contributed by atoms with E-state index < -0.39 is 10.0 Å². The van der Waals surface area contributed by atoms with E-state index in [9.17, 15) is 13.2 Å². The Kier molecular flexibility index (Phi) is 4.92. The highest BCUT2D eigenvalue weighted by Gasteiger charge is 2.35. The fourth-order valence-electron chi connectivity index (χ4n) is 5.14. The highest BCUT2D eigenvalue weighted by atomic mass is 32.2. The Balaban J connectivity index is 1.21. The highest BCUT2D eigenvalue weighted by molar-refractivity contribution is 7.89. The lowest BCUT2D eigenvalue weighted by Crippen LogP contribution is -2.49. The summed E-state index contributed by atoms with van der Waals surface area (Å²) in [7, 11) is -3.62. The molecule has 11 heteroatoms. The average molecular weight is 480 g/mol. The van der Waals surface area contributed by atoms with Gasteiger partial charge in [-0.2, -0.15) is 4.31 Å². The van der Waals surface area contributed by atoms with Crippen LogP contribution in [0.2, 0.25) is 0 Å². The van der Waals surface area contributed by atoms with Crippen molar-refractivity contribution >= 4 is 27.4 Å². The first kappa shape index (κ1) is 21.2. The van der Waals surface area contributed by atoms with E-state index in [2.05, 4.69) is 19.9 Å². The Hall–Kier alpha value is -3.31. The van der Waals surface area contributed by atoms with E-state index in [1.54, 1.807) is 22.6 Å². The predicted molar refractivity (Wildman–Crippen MR) is 126 cm³/mol. The van der Waals surface area contributed by atoms with Gasteiger partial charge in [-0.25, -0.2) is 23.4 Å². The number of hydrogen-bond acceptors (Lipinski definition) is 7. The van der Waals surface area contributed by atoms with E-state index in [0.29, 0.717) is 56.9 Å². The van der Waals surface area contributed by atoms with Gasteiger partial charge in [0, 0.05) is 57.6 Å². The van der Waals surface area contributed by atoms with Crippen LogP contribution in [0.5, 0.6) is 0 Å². The number of rotatable bonds is 4. The van der Waals surface area contributed by atoms with Crippen molar-refractivity contribution in [2.24, 2.45) is 0 Å². The molecular weight excluding hydrogens is 454 g/mol. The zero-order valence-electron chi connectivity index (χ0n) is 18.9. The van der Waals surface area contributed by atoms with Gasteiger partial charge in [-0.05, 0) is 43.0 Å². The van der Waals surface area contributed by atoms with Crippen LogP contribution in [0.15, 0.2) is 41.8 Å². The van der Waals surface area contributed by atoms with Crippen molar-refractivity contribution in [3.8, 4) is 5.82 Å². The Morgan fingerprint density at radius 1 is 0.853 bits per heavy atom. The van der Waals surface area contributed by atoms with Crippen molar-refractivity contribution in [2.75, 3.05) is 42.5 Å². The monoisotopic (exact) mass is 479 g/mol. The maximum Gasteiger partial charge on any atom is 0.243 e. The van der Waals surface area contributed by atoms with Gasteiger partial charge in [-0.3, -0.25) is 9.36 Å². The minimum absolute atomic E-state index is 0.133. The molecule has 3 aromatic rings. The maximum absolute atomic E-state index is 13.5. The summed E-state index contributed by atoms with van der Waals surface area (Å²) < 4.78 is 30.4. The summed E-state index contributed by atoms with van der Waals surface area (Å²) in [6.07, 6.45) is 6.85. The number of sulfonamides is 1. The first-order chi connectivity index (χ1) is 16.4. The van der Waals surface area contributed by atoms with Crippen LogP contribution in [0.3, 0.4) is 0 Å². The number of piperazine rings is 1. The van der Waals surface area contributed by atoms with E-state index in [0.717, 1.165) is 34.3 Å². The molecule has 1 saturated heterocycles. The second-order valence-electron chi connectivity index (χ2n) is 8.86. The SMILES string of the molecule is Cc1nccn1-c1cc(N2CCN(S(=O)(=O)c3cc4c5c(c3)CCN5C(=O)CC4)CC2)ncn1. The fourth-order valence-corrected chi connectivity index (χ4v) is 6.67. The molecule has 0 saturated carbocycles. The summed E-state index contributed by atoms with van der Waals surface area (Å²) >= 11 is 0. The van der Waals surface area contributed by atoms with Crippen molar-refractivity contribution in [3.63, 3.8) is 0 Å². The van der Waals surface area contributed by atoms with Gasteiger partial charge >= 0.3 is 0 Å². The van der Waals surface area contributed by atoms with E-state index in [-0.39, 0.29) is 5.91 Å². The zero-order valence-corrected chi connectivity index (χ0v) is 19.7. The van der Waals surface area contributed by atoms with Gasteiger partial charge in [0.05, 0.1) is 10.6 Å². The fraction of sp³-hybridized carbons (Fsp3) is 0.391. The molecule has 0 atom stereocenters. The van der Waals surface area contributed by atoms with E-state index in [1.807, 2.05) is 28.7 Å². The number of aromatic nitrogens is 4. The average Bonchev–Trinajstić information content (AvgIpc) is 3.49. The van der Waals surface area contributed by atoms with E-state index in [1.165, 1.54) is 6.33 Å². The molecule has 0 spiro atoms. The molecule has 0 N–H and O–H groups in total. The van der Waals surface area contributed by atoms with Crippen LogP contribution in [0.4, 0.5) is 11.5 Å². The minimum Gasteiger partial charge on any atom is -0.354 e. The highest BCUT2D eigenvalue weighted by Crippen LogP contribution is 2.39. The van der Waals surface area contributed by atoms with Crippen molar-refractivity contribution in [1.82, 2.24) is 23.8 Å². The van der Waals surface area contributed by atoms with E-state index in [4.69, 9.17) is 0 Å². The summed E-state index contributed by atoms with van der Waals surface area (Å²) in [6, 6.07) is 5.44. The number of hydrogen-bond donors (Lipinski definition) is 0. The molecule has 0 aliphatic carbocycles. The Bertz CT molecular complexity index is 1390. The van der Waals surface area contributed by atoms with Crippen LogP contribution in [-0.2, 0) is 27.7 Å². The predicted octanol–water partition coefficient (Wildman–Crippen LogP) is 1.32. The molecule has 0 unspecified atom stereocenters. The van der Waals surface area contributed by atoms with Crippen LogP contribution < -0.4 is 9.80 Å². The Labute approximate surface area is 197 Å². The zero-order chi connectivity index (χ0) is 23.4. The smallest absolute Gasteiger partial charge is 0.243 e. The number of anilines is 2. The number of benzene rings is 1. The first-order valence-electron chi connectivity index (χ1n) is 11.5. The molecule has 0 radical (unpaired) electrons. The van der Waals surface area contributed by atoms with Crippen molar-refractivity contribution in [1.29, 1.82) is 0 Å². The molecule has 176 valence electrons. The number of amides is 1. The van der Waals surface area contributed by atoms with Crippen LogP contribution in [0, 0.1) is 6.92 Å². The molecule has 10 nitrogen and oxygen atoms in total. The third-order valence-electron chi connectivity index (χ3n) is 6.94. The van der Waals surface area contributed by atoms with Gasteiger partial charge in [0.2, 0.25) is 15.9 Å². The number of carbonyl (C=O) groups is 1. The molecule has 6 rings (SSSR count). The van der Waals surface area contributed by atoms with Crippen molar-refractivity contribution in [3.05, 3.63) is 53.9 Å². The summed E-state index contributed by atoms with van der Waals surface area (Å²) in [4.78, 5) is 29.4. The number of nitrogens with zero attached hydrogens (tertiary/aromatic N) is 7. The molecule has 1 amide bonds. The Morgan fingerprint density at radius 2 is 1.59 bits per heavy atom. The lowest BCUT2D eigenvalue weighted by Gasteiger charge is -2.35. The summed E-state index contributed by atoms with van der Waals surface area (Å²) in [5, 5.41) is 0. The molecule has 1 fully saturated rings. The minimum atomic E-state index is -3.62. The van der Waals surface area contributed by atoms with Crippen molar-refractivity contribution in [2.45, 2.75) is 31.1 Å². The van der Waals surface area contributed by atoms with Crippen LogP contribution in [-0.4, -0.2) is 70.9 Å². The van der Waals surface area contributed by atoms with Crippen LogP contribution >= 0.6 is 0 Å². The molecule has 2 aromatic heterocycles. The third-order valence-corrected chi connectivity index (χ3v) is 8.81. The second kappa shape index (κ2) is 7.88. The second-order valence-corrected chi connectivity index (χ2v) is 10.8. The van der Waals surface area contributed by atoms with Gasteiger partial charge in [0.15, 0.2) is 0 Å². The summed E-state index contributed by atoms with van der Waals surface area (Å²) in [6.45, 7) is 4.39. The lowest BCUT2D eigenvalue weighted by atomic mass is 10.00. The Morgan fingerprint density at radius 3 is 2.32 bits per heavy atom. The van der Waals surface area contributed by atoms with Crippen molar-refractivity contribution < 1.29 is 13.2 Å². The molecule has 5 heterocycles. The largest absolute Gasteiger partial charge is 0.354 e. The molecule has 1 aromatic carbocycles. The molecule has 0 bridgehead atoms. The number of carbonyl (C=O) groups excluding carboxylic acids is 1. The van der Waals surface area contributed by atoms with Crippen LogP contribution in [0.25, 0.3) is 5.82 Å². The molecular formula is C23H25N7O3S. The van der Waals surface area contributed by atoms with Crippen LogP contribution in [0.1, 0.15) is 23.4 Å². The van der Waals surface area contributed by atoms with Gasteiger partial charge < -0.3 is 9.80 Å². The first-order valence-corrected chi connectivity index (χ1v) is 12.9. The molecule has 34 heavy (non-hydrogen) atoms. The normalized spacial score (nSPS) is 18.4. The number of aryl methyl sites for hydroxylation is 2. The van der Waals surface area contributed by atoms with E-state index >= 15 is 0 Å². The van der Waals surface area contributed by atoms with Gasteiger partial charge in [-0.1, -0.05) is 0 Å². The summed E-state index contributed by atoms with van der Waals surface area (Å²) in [5.74, 6) is 2.46. The van der Waals surface area contributed by atoms with Gasteiger partial charge in [0.1, 0.15) is 23.8 Å². The standard InChI is InChI=1S/C23H25N7O3S/c1-16-24-5-7-29(16)21-14-20(25-15-26-21)27-8-10-28(11-9-27)34(32,33)19-12-17-2-3-22(31)30-6-4-18(13-19)23(17)30/h5,7,12-15H,2-4,6,8-11H2,1H3. The maximum atomic E-state index is 13.5. The summed E-state index contributed by atoms with van der Waals surface area (Å²) in [5.41, 5.74) is 2.87. The quantitative estimate of drug-likeness (QED) is 0.556. The molecule has 3 aliphatic rings.